The number of amides is 1. The lowest BCUT2D eigenvalue weighted by Gasteiger charge is -2.27. The van der Waals surface area contributed by atoms with Crippen LogP contribution in [-0.2, 0) is 6.54 Å². The third-order valence-electron chi connectivity index (χ3n) is 6.11. The molecule has 2 aromatic carbocycles. The highest BCUT2D eigenvalue weighted by molar-refractivity contribution is 5.95. The van der Waals surface area contributed by atoms with Gasteiger partial charge in [-0.1, -0.05) is 57.2 Å². The van der Waals surface area contributed by atoms with Crippen LogP contribution in [0.4, 0.5) is 23.5 Å². The molecule has 1 fully saturated rings. The Morgan fingerprint density at radius 3 is 2.54 bits per heavy atom. The summed E-state index contributed by atoms with van der Waals surface area (Å²) in [5, 5.41) is 13.1. The van der Waals surface area contributed by atoms with Crippen LogP contribution in [0.1, 0.15) is 48.7 Å². The van der Waals surface area contributed by atoms with E-state index in [1.54, 1.807) is 0 Å². The molecule has 1 atom stereocenters. The molecule has 1 amide bonds. The summed E-state index contributed by atoms with van der Waals surface area (Å²) in [6, 6.07) is 15.7. The molecule has 3 aromatic rings. The summed E-state index contributed by atoms with van der Waals surface area (Å²) in [7, 11) is 1.99. The lowest BCUT2D eigenvalue weighted by Crippen LogP contribution is -2.31. The molecular weight excluding hydrogens is 464 g/mol. The fourth-order valence-electron chi connectivity index (χ4n) is 4.30. The maximum Gasteiger partial charge on any atom is 0.251 e. The quantitative estimate of drug-likeness (QED) is 0.346. The van der Waals surface area contributed by atoms with E-state index < -0.39 is 0 Å². The third kappa shape index (κ3) is 7.63. The highest BCUT2D eigenvalue weighted by Gasteiger charge is 2.20. The molecule has 1 aliphatic rings. The predicted octanol–water partition coefficient (Wildman–Crippen LogP) is 4.11. The first-order valence-corrected chi connectivity index (χ1v) is 12.8. The lowest BCUT2D eigenvalue weighted by molar-refractivity contribution is 0.0951. The van der Waals surface area contributed by atoms with Gasteiger partial charge >= 0.3 is 0 Å². The Balaban J connectivity index is 1.55. The van der Waals surface area contributed by atoms with Crippen molar-refractivity contribution in [3.63, 3.8) is 0 Å². The second kappa shape index (κ2) is 11.6. The van der Waals surface area contributed by atoms with E-state index in [1.165, 1.54) is 0 Å². The van der Waals surface area contributed by atoms with Gasteiger partial charge in [-0.15, -0.1) is 0 Å². The van der Waals surface area contributed by atoms with E-state index in [4.69, 9.17) is 9.97 Å². The Hall–Kier alpha value is -3.72. The molecule has 4 N–H and O–H groups in total. The van der Waals surface area contributed by atoms with Crippen molar-refractivity contribution in [3.05, 3.63) is 65.2 Å². The van der Waals surface area contributed by atoms with Crippen LogP contribution in [0.3, 0.4) is 0 Å². The van der Waals surface area contributed by atoms with Crippen molar-refractivity contribution in [2.24, 2.45) is 5.41 Å². The maximum absolute atomic E-state index is 12.9. The van der Waals surface area contributed by atoms with E-state index in [1.807, 2.05) is 67.4 Å². The van der Waals surface area contributed by atoms with Gasteiger partial charge in [0, 0.05) is 44.0 Å². The number of anilines is 4. The fraction of sp³-hybridized carbons (Fsp3) is 0.429. The predicted molar refractivity (Wildman–Crippen MR) is 150 cm³/mol. The SMILES string of the molecule is Cc1ccc(C(=O)NCc2ccccc2)cc1Nc1nc(N[C@H]2CCNC2)nc(N(C)CC(C)(C)C)n1. The van der Waals surface area contributed by atoms with E-state index in [2.05, 4.69) is 47.0 Å². The van der Waals surface area contributed by atoms with Crippen LogP contribution in [0.25, 0.3) is 0 Å². The molecule has 37 heavy (non-hydrogen) atoms. The van der Waals surface area contributed by atoms with Gasteiger partial charge in [0.05, 0.1) is 0 Å². The van der Waals surface area contributed by atoms with Gasteiger partial charge in [0.2, 0.25) is 17.8 Å². The molecule has 1 saturated heterocycles. The fourth-order valence-corrected chi connectivity index (χ4v) is 4.30. The van der Waals surface area contributed by atoms with Gasteiger partial charge < -0.3 is 26.2 Å². The van der Waals surface area contributed by atoms with Crippen LogP contribution in [0.15, 0.2) is 48.5 Å². The van der Waals surface area contributed by atoms with Crippen molar-refractivity contribution in [3.8, 4) is 0 Å². The van der Waals surface area contributed by atoms with Gasteiger partial charge in [-0.05, 0) is 48.6 Å². The molecule has 0 bridgehead atoms. The molecule has 0 unspecified atom stereocenters. The minimum atomic E-state index is -0.135. The summed E-state index contributed by atoms with van der Waals surface area (Å²) in [5.41, 5.74) is 3.46. The lowest BCUT2D eigenvalue weighted by atomic mass is 9.96. The van der Waals surface area contributed by atoms with E-state index in [0.717, 1.165) is 42.9 Å². The second-order valence-electron chi connectivity index (χ2n) is 10.9. The summed E-state index contributed by atoms with van der Waals surface area (Å²) >= 11 is 0. The molecule has 0 saturated carbocycles. The number of aromatic nitrogens is 3. The Morgan fingerprint density at radius 2 is 1.84 bits per heavy atom. The van der Waals surface area contributed by atoms with Gasteiger partial charge in [-0.2, -0.15) is 15.0 Å². The Kier molecular flexibility index (Phi) is 8.23. The third-order valence-corrected chi connectivity index (χ3v) is 6.11. The zero-order valence-electron chi connectivity index (χ0n) is 22.4. The number of nitrogens with zero attached hydrogens (tertiary/aromatic N) is 4. The Labute approximate surface area is 219 Å². The van der Waals surface area contributed by atoms with Crippen molar-refractivity contribution >= 4 is 29.4 Å². The number of hydrogen-bond donors (Lipinski definition) is 4. The second-order valence-corrected chi connectivity index (χ2v) is 10.9. The molecule has 196 valence electrons. The molecule has 1 aromatic heterocycles. The number of rotatable bonds is 9. The number of aryl methyl sites for hydroxylation is 1. The minimum Gasteiger partial charge on any atom is -0.350 e. The molecule has 1 aliphatic heterocycles. The maximum atomic E-state index is 12.9. The summed E-state index contributed by atoms with van der Waals surface area (Å²) in [4.78, 5) is 29.0. The molecular formula is C28H38N8O. The molecule has 2 heterocycles. The van der Waals surface area contributed by atoms with Crippen LogP contribution in [-0.4, -0.2) is 53.6 Å². The van der Waals surface area contributed by atoms with Crippen molar-refractivity contribution in [1.82, 2.24) is 25.6 Å². The summed E-state index contributed by atoms with van der Waals surface area (Å²) in [6.07, 6.45) is 1.01. The zero-order chi connectivity index (χ0) is 26.4. The van der Waals surface area contributed by atoms with Gasteiger partial charge in [-0.3, -0.25) is 4.79 Å². The van der Waals surface area contributed by atoms with Gasteiger partial charge in [-0.25, -0.2) is 0 Å². The largest absolute Gasteiger partial charge is 0.350 e. The highest BCUT2D eigenvalue weighted by Crippen LogP contribution is 2.24. The average molecular weight is 503 g/mol. The zero-order valence-corrected chi connectivity index (χ0v) is 22.4. The summed E-state index contributed by atoms with van der Waals surface area (Å²) < 4.78 is 0. The highest BCUT2D eigenvalue weighted by atomic mass is 16.1. The first-order valence-electron chi connectivity index (χ1n) is 12.8. The number of hydrogen-bond acceptors (Lipinski definition) is 8. The van der Waals surface area contributed by atoms with Crippen LogP contribution in [0.2, 0.25) is 0 Å². The smallest absolute Gasteiger partial charge is 0.251 e. The molecule has 0 spiro atoms. The van der Waals surface area contributed by atoms with Crippen molar-refractivity contribution < 1.29 is 4.79 Å². The summed E-state index contributed by atoms with van der Waals surface area (Å²) in [5.74, 6) is 1.43. The first-order chi connectivity index (χ1) is 17.7. The minimum absolute atomic E-state index is 0.0793. The van der Waals surface area contributed by atoms with E-state index in [9.17, 15) is 4.79 Å². The Morgan fingerprint density at radius 1 is 1.08 bits per heavy atom. The number of nitrogens with one attached hydrogen (secondary N) is 4. The van der Waals surface area contributed by atoms with E-state index in [-0.39, 0.29) is 17.4 Å². The van der Waals surface area contributed by atoms with E-state index >= 15 is 0 Å². The van der Waals surface area contributed by atoms with Crippen molar-refractivity contribution in [1.29, 1.82) is 0 Å². The normalized spacial score (nSPS) is 15.3. The number of benzene rings is 2. The number of carbonyl (C=O) groups excluding carboxylic acids is 1. The van der Waals surface area contributed by atoms with Crippen molar-refractivity contribution in [2.45, 2.75) is 46.7 Å². The molecule has 9 heteroatoms. The van der Waals surface area contributed by atoms with Crippen LogP contribution >= 0.6 is 0 Å². The van der Waals surface area contributed by atoms with Gasteiger partial charge in [0.1, 0.15) is 0 Å². The van der Waals surface area contributed by atoms with Crippen LogP contribution in [0, 0.1) is 12.3 Å². The number of carbonyl (C=O) groups is 1. The molecule has 9 nitrogen and oxygen atoms in total. The molecule has 0 aliphatic carbocycles. The van der Waals surface area contributed by atoms with Gasteiger partial charge in [0.15, 0.2) is 0 Å². The molecule has 0 radical (unpaired) electrons. The first kappa shape index (κ1) is 26.3. The van der Waals surface area contributed by atoms with Crippen LogP contribution < -0.4 is 26.2 Å². The Bertz CT molecular complexity index is 1200. The standard InChI is InChI=1S/C28H38N8O/c1-19-11-12-21(24(37)30-16-20-9-7-6-8-10-20)15-23(19)32-26-33-25(31-22-13-14-29-17-22)34-27(35-26)36(5)18-28(2,3)4/h6-12,15,22,29H,13-14,16-18H2,1-5H3,(H,30,37)(H2,31,32,33,34,35)/t22-/m0/s1. The van der Waals surface area contributed by atoms with Gasteiger partial charge in [0.25, 0.3) is 5.91 Å². The van der Waals surface area contributed by atoms with E-state index in [0.29, 0.717) is 30.0 Å². The van der Waals surface area contributed by atoms with Crippen LogP contribution in [0.5, 0.6) is 0 Å². The molecule has 4 rings (SSSR count). The van der Waals surface area contributed by atoms with Crippen molar-refractivity contribution in [2.75, 3.05) is 42.2 Å². The monoisotopic (exact) mass is 502 g/mol. The topological polar surface area (TPSA) is 107 Å². The average Bonchev–Trinajstić information content (AvgIpc) is 3.36. The summed E-state index contributed by atoms with van der Waals surface area (Å²) in [6.45, 7) is 11.7.